The smallest absolute Gasteiger partial charge is 0.243 e. The lowest BCUT2D eigenvalue weighted by Gasteiger charge is -2.20. The van der Waals surface area contributed by atoms with Crippen molar-refractivity contribution < 1.29 is 17.9 Å². The third kappa shape index (κ3) is 5.60. The van der Waals surface area contributed by atoms with Gasteiger partial charge in [-0.25, -0.2) is 8.42 Å². The fraction of sp³-hybridized carbons (Fsp3) is 0.136. The lowest BCUT2D eigenvalue weighted by molar-refractivity contribution is -0.116. The van der Waals surface area contributed by atoms with E-state index in [0.29, 0.717) is 22.2 Å². The van der Waals surface area contributed by atoms with Gasteiger partial charge in [0.15, 0.2) is 0 Å². The number of likely N-dealkylation sites (N-methyl/N-ethyl adjacent to an activating group) is 1. The molecule has 3 rings (SSSR count). The van der Waals surface area contributed by atoms with Gasteiger partial charge in [-0.2, -0.15) is 4.31 Å². The van der Waals surface area contributed by atoms with E-state index in [4.69, 9.17) is 16.3 Å². The highest BCUT2D eigenvalue weighted by atomic mass is 35.5. The van der Waals surface area contributed by atoms with Crippen LogP contribution in [0.15, 0.2) is 83.8 Å². The van der Waals surface area contributed by atoms with Gasteiger partial charge in [-0.05, 0) is 60.7 Å². The van der Waals surface area contributed by atoms with Gasteiger partial charge in [0.25, 0.3) is 0 Å². The van der Waals surface area contributed by atoms with Crippen molar-refractivity contribution in [2.75, 3.05) is 18.4 Å². The molecule has 0 saturated carbocycles. The molecule has 0 aliphatic carbocycles. The lowest BCUT2D eigenvalue weighted by atomic mass is 10.3. The number of amides is 1. The summed E-state index contributed by atoms with van der Waals surface area (Å²) in [7, 11) is -3.80. The van der Waals surface area contributed by atoms with Gasteiger partial charge in [-0.15, -0.1) is 0 Å². The molecule has 30 heavy (non-hydrogen) atoms. The maximum atomic E-state index is 12.8. The predicted octanol–water partition coefficient (Wildman–Crippen LogP) is 4.78. The molecule has 0 heterocycles. The average Bonchev–Trinajstić information content (AvgIpc) is 2.74. The second-order valence-corrected chi connectivity index (χ2v) is 8.75. The Balaban J connectivity index is 1.63. The van der Waals surface area contributed by atoms with Crippen molar-refractivity contribution in [3.05, 3.63) is 83.9 Å². The zero-order chi connectivity index (χ0) is 21.6. The minimum absolute atomic E-state index is 0.0870. The molecular formula is C22H21ClN2O4S. The molecule has 156 valence electrons. The predicted molar refractivity (Wildman–Crippen MR) is 117 cm³/mol. The molecular weight excluding hydrogens is 424 g/mol. The van der Waals surface area contributed by atoms with Gasteiger partial charge in [-0.1, -0.05) is 36.7 Å². The summed E-state index contributed by atoms with van der Waals surface area (Å²) in [6.45, 7) is 1.53. The van der Waals surface area contributed by atoms with E-state index in [0.717, 1.165) is 4.31 Å². The number of hydrogen-bond donors (Lipinski definition) is 1. The van der Waals surface area contributed by atoms with E-state index >= 15 is 0 Å². The summed E-state index contributed by atoms with van der Waals surface area (Å²) in [5, 5.41) is 3.15. The summed E-state index contributed by atoms with van der Waals surface area (Å²) in [4.78, 5) is 12.5. The minimum Gasteiger partial charge on any atom is -0.457 e. The highest BCUT2D eigenvalue weighted by molar-refractivity contribution is 7.89. The van der Waals surface area contributed by atoms with Gasteiger partial charge in [0.2, 0.25) is 15.9 Å². The van der Waals surface area contributed by atoms with Crippen LogP contribution in [0.25, 0.3) is 0 Å². The van der Waals surface area contributed by atoms with Crippen molar-refractivity contribution in [3.8, 4) is 11.5 Å². The Labute approximate surface area is 181 Å². The SMILES string of the molecule is CCN(CC(=O)Nc1ccc(Oc2ccccc2)cc1)S(=O)(=O)c1ccc(Cl)cc1. The van der Waals surface area contributed by atoms with Crippen LogP contribution in [0.3, 0.4) is 0 Å². The van der Waals surface area contributed by atoms with Crippen molar-refractivity contribution in [1.29, 1.82) is 0 Å². The highest BCUT2D eigenvalue weighted by Gasteiger charge is 2.25. The Morgan fingerprint density at radius 1 is 0.933 bits per heavy atom. The number of rotatable bonds is 8. The number of nitrogens with one attached hydrogen (secondary N) is 1. The number of sulfonamides is 1. The monoisotopic (exact) mass is 444 g/mol. The molecule has 3 aromatic rings. The summed E-state index contributed by atoms with van der Waals surface area (Å²) < 4.78 is 32.4. The van der Waals surface area contributed by atoms with Gasteiger partial charge in [0, 0.05) is 17.3 Å². The van der Waals surface area contributed by atoms with E-state index in [9.17, 15) is 13.2 Å². The average molecular weight is 445 g/mol. The van der Waals surface area contributed by atoms with E-state index in [1.165, 1.54) is 24.3 Å². The molecule has 0 bridgehead atoms. The molecule has 0 saturated heterocycles. The molecule has 0 aromatic heterocycles. The van der Waals surface area contributed by atoms with E-state index in [1.807, 2.05) is 30.3 Å². The topological polar surface area (TPSA) is 75.7 Å². The maximum absolute atomic E-state index is 12.8. The molecule has 0 atom stereocenters. The van der Waals surface area contributed by atoms with Crippen LogP contribution in [0.4, 0.5) is 5.69 Å². The minimum atomic E-state index is -3.80. The van der Waals surface area contributed by atoms with Crippen molar-refractivity contribution in [2.45, 2.75) is 11.8 Å². The van der Waals surface area contributed by atoms with Crippen LogP contribution in [0.1, 0.15) is 6.92 Å². The van der Waals surface area contributed by atoms with Crippen molar-refractivity contribution >= 4 is 33.2 Å². The van der Waals surface area contributed by atoms with Crippen LogP contribution in [-0.4, -0.2) is 31.7 Å². The Bertz CT molecular complexity index is 1090. The van der Waals surface area contributed by atoms with Gasteiger partial charge in [0.1, 0.15) is 11.5 Å². The molecule has 0 aliphatic heterocycles. The van der Waals surface area contributed by atoms with Crippen LogP contribution >= 0.6 is 11.6 Å². The molecule has 1 N–H and O–H groups in total. The summed E-state index contributed by atoms with van der Waals surface area (Å²) in [6, 6.07) is 22.0. The molecule has 0 radical (unpaired) electrons. The second-order valence-electron chi connectivity index (χ2n) is 6.37. The molecule has 1 amide bonds. The summed E-state index contributed by atoms with van der Waals surface area (Å²) in [5.41, 5.74) is 0.542. The molecule has 0 fully saturated rings. The fourth-order valence-corrected chi connectivity index (χ4v) is 4.25. The van der Waals surface area contributed by atoms with Gasteiger partial charge in [0.05, 0.1) is 11.4 Å². The van der Waals surface area contributed by atoms with Gasteiger partial charge >= 0.3 is 0 Å². The highest BCUT2D eigenvalue weighted by Crippen LogP contribution is 2.23. The second kappa shape index (κ2) is 9.75. The van der Waals surface area contributed by atoms with Crippen LogP contribution in [-0.2, 0) is 14.8 Å². The molecule has 8 heteroatoms. The first-order valence-electron chi connectivity index (χ1n) is 9.27. The Morgan fingerprint density at radius 3 is 2.13 bits per heavy atom. The quantitative estimate of drug-likeness (QED) is 0.542. The van der Waals surface area contributed by atoms with Crippen molar-refractivity contribution in [1.82, 2.24) is 4.31 Å². The van der Waals surface area contributed by atoms with Crippen LogP contribution < -0.4 is 10.1 Å². The Kier molecular flexibility index (Phi) is 7.10. The first-order valence-corrected chi connectivity index (χ1v) is 11.1. The number of carbonyl (C=O) groups is 1. The van der Waals surface area contributed by atoms with E-state index in [-0.39, 0.29) is 18.0 Å². The fourth-order valence-electron chi connectivity index (χ4n) is 2.71. The summed E-state index contributed by atoms with van der Waals surface area (Å²) in [5.74, 6) is 0.895. The van der Waals surface area contributed by atoms with E-state index < -0.39 is 15.9 Å². The third-order valence-corrected chi connectivity index (χ3v) is 6.43. The zero-order valence-electron chi connectivity index (χ0n) is 16.3. The van der Waals surface area contributed by atoms with Gasteiger partial charge < -0.3 is 10.1 Å². The van der Waals surface area contributed by atoms with Crippen LogP contribution in [0.5, 0.6) is 11.5 Å². The van der Waals surface area contributed by atoms with Crippen molar-refractivity contribution in [3.63, 3.8) is 0 Å². The Hall–Kier alpha value is -2.87. The lowest BCUT2D eigenvalue weighted by Crippen LogP contribution is -2.37. The zero-order valence-corrected chi connectivity index (χ0v) is 17.9. The van der Waals surface area contributed by atoms with Crippen LogP contribution in [0, 0.1) is 0 Å². The first-order chi connectivity index (χ1) is 14.4. The number of para-hydroxylation sites is 1. The molecule has 3 aromatic carbocycles. The number of hydrogen-bond acceptors (Lipinski definition) is 4. The normalized spacial score (nSPS) is 11.3. The third-order valence-electron chi connectivity index (χ3n) is 4.24. The van der Waals surface area contributed by atoms with Gasteiger partial charge in [-0.3, -0.25) is 4.79 Å². The number of halogens is 1. The Morgan fingerprint density at radius 2 is 1.53 bits per heavy atom. The largest absolute Gasteiger partial charge is 0.457 e. The standard InChI is InChI=1S/C22H21ClN2O4S/c1-2-25(30(27,28)21-14-8-17(23)9-15-21)16-22(26)24-18-10-12-20(13-11-18)29-19-6-4-3-5-7-19/h3-15H,2,16H2,1H3,(H,24,26). The number of nitrogens with zero attached hydrogens (tertiary/aromatic N) is 1. The maximum Gasteiger partial charge on any atom is 0.243 e. The molecule has 6 nitrogen and oxygen atoms in total. The molecule has 0 unspecified atom stereocenters. The van der Waals surface area contributed by atoms with E-state index in [2.05, 4.69) is 5.32 Å². The number of carbonyl (C=O) groups excluding carboxylic acids is 1. The first kappa shape index (κ1) is 21.8. The van der Waals surface area contributed by atoms with Crippen molar-refractivity contribution in [2.24, 2.45) is 0 Å². The molecule has 0 aliphatic rings. The number of ether oxygens (including phenoxy) is 1. The molecule has 0 spiro atoms. The summed E-state index contributed by atoms with van der Waals surface area (Å²) in [6.07, 6.45) is 0. The number of anilines is 1. The van der Waals surface area contributed by atoms with Crippen LogP contribution in [0.2, 0.25) is 5.02 Å². The number of benzene rings is 3. The van der Waals surface area contributed by atoms with E-state index in [1.54, 1.807) is 31.2 Å². The summed E-state index contributed by atoms with van der Waals surface area (Å²) >= 11 is 5.82.